The van der Waals surface area contributed by atoms with E-state index in [0.717, 1.165) is 49.3 Å². The molecule has 2 nitrogen and oxygen atoms in total. The quantitative estimate of drug-likeness (QED) is 0.133. The molecule has 1 atom stereocenters. The van der Waals surface area contributed by atoms with Crippen molar-refractivity contribution in [3.8, 4) is 22.3 Å². The smallest absolute Gasteiger partial charge is 0.175 e. The predicted octanol–water partition coefficient (Wildman–Crippen LogP) is 13.1. The van der Waals surface area contributed by atoms with Crippen LogP contribution in [0.2, 0.25) is 0 Å². The van der Waals surface area contributed by atoms with E-state index in [9.17, 15) is 0 Å². The van der Waals surface area contributed by atoms with Crippen LogP contribution in [0.25, 0.3) is 65.3 Å². The average Bonchev–Trinajstić information content (AvgIpc) is 3.25. The molecule has 0 aromatic heterocycles. The summed E-state index contributed by atoms with van der Waals surface area (Å²) >= 11 is 0. The van der Waals surface area contributed by atoms with Crippen molar-refractivity contribution in [1.29, 1.82) is 0 Å². The zero-order chi connectivity index (χ0) is 36.5. The van der Waals surface area contributed by atoms with Crippen molar-refractivity contribution in [2.45, 2.75) is 0 Å². The number of hydrogen-bond acceptors (Lipinski definition) is 2. The molecule has 0 fully saturated rings. The topological polar surface area (TPSA) is 20.3 Å². The van der Waals surface area contributed by atoms with E-state index in [4.69, 9.17) is 0 Å². The molecule has 0 saturated heterocycles. The van der Waals surface area contributed by atoms with E-state index in [-0.39, 0.29) is 0 Å². The van der Waals surface area contributed by atoms with Gasteiger partial charge in [-0.15, -0.1) is 0 Å². The number of rotatable bonds is 4. The Kier molecular flexibility index (Phi) is 7.17. The Balaban J connectivity index is 1.22. The first-order valence-electron chi connectivity index (χ1n) is 18.8. The van der Waals surface area contributed by atoms with Gasteiger partial charge in [0.25, 0.3) is 0 Å². The minimum Gasteiger partial charge on any atom is -0.309 e. The number of nitrogens with zero attached hydrogens (tertiary/aromatic N) is 1. The molecule has 0 amide bonds. The van der Waals surface area contributed by atoms with Crippen LogP contribution in [0.1, 0.15) is 0 Å². The summed E-state index contributed by atoms with van der Waals surface area (Å²) in [5.74, 6) is 0. The number of anilines is 3. The molecule has 0 N–H and O–H groups in total. The molecule has 0 saturated carbocycles. The second-order valence-corrected chi connectivity index (χ2v) is 17.1. The lowest BCUT2D eigenvalue weighted by atomic mass is 9.84. The lowest BCUT2D eigenvalue weighted by Gasteiger charge is -2.38. The number of fused-ring (bicyclic) bond motifs is 6. The summed E-state index contributed by atoms with van der Waals surface area (Å²) in [4.78, 5) is 2.31. The highest BCUT2D eigenvalue weighted by atomic mass is 31.2. The highest BCUT2D eigenvalue weighted by Gasteiger charge is 2.41. The third-order valence-electron chi connectivity index (χ3n) is 11.4. The Morgan fingerprint density at radius 3 is 1.67 bits per heavy atom. The SMILES string of the molecule is O=P1(c2ccc3ccccc3c2)c2ccccc2N(c2ccccc2)c2cc(-c3c4ccccc4c(-c4cccc5ccccc45)c4ccccc34)ccc21. The normalized spacial score (nSPS) is 15.0. The van der Waals surface area contributed by atoms with Crippen LogP contribution < -0.4 is 20.8 Å². The average molecular weight is 720 g/mol. The minimum absolute atomic E-state index is 0.843. The first kappa shape index (κ1) is 31.8. The summed E-state index contributed by atoms with van der Waals surface area (Å²) in [6.45, 7) is 0. The molecule has 11 rings (SSSR count). The van der Waals surface area contributed by atoms with Gasteiger partial charge in [0.05, 0.1) is 11.4 Å². The molecule has 3 heteroatoms. The van der Waals surface area contributed by atoms with E-state index < -0.39 is 7.14 Å². The van der Waals surface area contributed by atoms with E-state index >= 15 is 4.57 Å². The Morgan fingerprint density at radius 1 is 0.364 bits per heavy atom. The summed E-state index contributed by atoms with van der Waals surface area (Å²) in [6.07, 6.45) is 0. The van der Waals surface area contributed by atoms with E-state index in [1.165, 1.54) is 49.0 Å². The van der Waals surface area contributed by atoms with E-state index in [1.54, 1.807) is 0 Å². The molecular formula is C52H34NOP. The Morgan fingerprint density at radius 2 is 0.927 bits per heavy atom. The van der Waals surface area contributed by atoms with Gasteiger partial charge in [-0.05, 0) is 108 Å². The second kappa shape index (κ2) is 12.4. The van der Waals surface area contributed by atoms with E-state index in [1.807, 2.05) is 18.2 Å². The second-order valence-electron chi connectivity index (χ2n) is 14.4. The Bertz CT molecular complexity index is 3140. The van der Waals surface area contributed by atoms with Crippen molar-refractivity contribution in [3.63, 3.8) is 0 Å². The molecule has 1 heterocycles. The number of para-hydroxylation sites is 2. The van der Waals surface area contributed by atoms with Crippen LogP contribution in [0.5, 0.6) is 0 Å². The fraction of sp³-hybridized carbons (Fsp3) is 0. The fourth-order valence-corrected chi connectivity index (χ4v) is 12.0. The van der Waals surface area contributed by atoms with Gasteiger partial charge in [0.2, 0.25) is 0 Å². The van der Waals surface area contributed by atoms with E-state index in [2.05, 4.69) is 193 Å². The van der Waals surface area contributed by atoms with Crippen LogP contribution in [0.15, 0.2) is 206 Å². The number of hydrogen-bond donors (Lipinski definition) is 0. The van der Waals surface area contributed by atoms with Crippen molar-refractivity contribution in [2.75, 3.05) is 4.90 Å². The van der Waals surface area contributed by atoms with Gasteiger partial charge >= 0.3 is 0 Å². The van der Waals surface area contributed by atoms with Crippen molar-refractivity contribution in [3.05, 3.63) is 206 Å². The lowest BCUT2D eigenvalue weighted by molar-refractivity contribution is 0.592. The molecule has 10 aromatic carbocycles. The minimum atomic E-state index is -3.33. The van der Waals surface area contributed by atoms with Gasteiger partial charge in [-0.1, -0.05) is 164 Å². The van der Waals surface area contributed by atoms with E-state index in [0.29, 0.717) is 0 Å². The molecule has 0 spiro atoms. The highest BCUT2D eigenvalue weighted by molar-refractivity contribution is 7.86. The summed E-state index contributed by atoms with van der Waals surface area (Å²) in [7, 11) is -3.33. The first-order valence-corrected chi connectivity index (χ1v) is 20.5. The molecule has 0 aliphatic carbocycles. The van der Waals surface area contributed by atoms with Crippen molar-refractivity contribution < 1.29 is 4.57 Å². The zero-order valence-corrected chi connectivity index (χ0v) is 30.8. The zero-order valence-electron chi connectivity index (χ0n) is 29.9. The maximum absolute atomic E-state index is 16.3. The van der Waals surface area contributed by atoms with Crippen LogP contribution in [0.3, 0.4) is 0 Å². The third kappa shape index (κ3) is 4.79. The van der Waals surface area contributed by atoms with Crippen LogP contribution in [0, 0.1) is 0 Å². The standard InChI is InChI=1S/C52H34NOP/c54-55(40-31-29-35-15-4-5-17-37(35)33-40)49-28-13-12-27-47(49)53(39-19-2-1-3-20-39)48-34-38(30-32-50(48)55)51-43-22-8-10-24-45(43)52(46-25-11-9-23-44(46)51)42-26-14-18-36-16-6-7-21-41(36)42/h1-34H. The maximum Gasteiger partial charge on any atom is 0.175 e. The van der Waals surface area contributed by atoms with Gasteiger partial charge in [-0.2, -0.15) is 0 Å². The van der Waals surface area contributed by atoms with Crippen molar-refractivity contribution >= 4 is 83.2 Å². The molecule has 258 valence electrons. The fourth-order valence-electron chi connectivity index (χ4n) is 8.98. The van der Waals surface area contributed by atoms with Gasteiger partial charge in [-0.3, -0.25) is 0 Å². The van der Waals surface area contributed by atoms with Crippen LogP contribution in [-0.2, 0) is 4.57 Å². The molecule has 0 radical (unpaired) electrons. The monoisotopic (exact) mass is 719 g/mol. The van der Waals surface area contributed by atoms with Gasteiger partial charge in [0, 0.05) is 21.6 Å². The molecule has 10 aromatic rings. The van der Waals surface area contributed by atoms with Gasteiger partial charge < -0.3 is 9.46 Å². The van der Waals surface area contributed by atoms with Gasteiger partial charge in [-0.25, -0.2) is 0 Å². The Hall–Kier alpha value is -6.73. The molecular weight excluding hydrogens is 686 g/mol. The summed E-state index contributed by atoms with van der Waals surface area (Å²) < 4.78 is 16.3. The van der Waals surface area contributed by atoms with Crippen molar-refractivity contribution in [1.82, 2.24) is 0 Å². The molecule has 0 bridgehead atoms. The maximum atomic E-state index is 16.3. The largest absolute Gasteiger partial charge is 0.309 e. The van der Waals surface area contributed by atoms with Crippen LogP contribution in [-0.4, -0.2) is 0 Å². The molecule has 1 aliphatic heterocycles. The predicted molar refractivity (Wildman–Crippen MR) is 235 cm³/mol. The first-order chi connectivity index (χ1) is 27.2. The third-order valence-corrected chi connectivity index (χ3v) is 14.5. The Labute approximate surface area is 319 Å². The lowest BCUT2D eigenvalue weighted by Crippen LogP contribution is -2.36. The number of benzene rings is 10. The highest BCUT2D eigenvalue weighted by Crippen LogP contribution is 2.55. The van der Waals surface area contributed by atoms with Crippen LogP contribution in [0.4, 0.5) is 17.1 Å². The van der Waals surface area contributed by atoms with Gasteiger partial charge in [0.15, 0.2) is 7.14 Å². The summed E-state index contributed by atoms with van der Waals surface area (Å²) in [6, 6.07) is 72.9. The summed E-state index contributed by atoms with van der Waals surface area (Å²) in [5, 5.41) is 12.0. The summed E-state index contributed by atoms with van der Waals surface area (Å²) in [5.41, 5.74) is 7.63. The van der Waals surface area contributed by atoms with Crippen LogP contribution >= 0.6 is 7.14 Å². The van der Waals surface area contributed by atoms with Crippen molar-refractivity contribution in [2.24, 2.45) is 0 Å². The molecule has 1 aliphatic rings. The molecule has 55 heavy (non-hydrogen) atoms. The van der Waals surface area contributed by atoms with Gasteiger partial charge in [0.1, 0.15) is 0 Å². The molecule has 1 unspecified atom stereocenters.